The van der Waals surface area contributed by atoms with Gasteiger partial charge in [0.1, 0.15) is 12.1 Å². The van der Waals surface area contributed by atoms with Gasteiger partial charge in [-0.25, -0.2) is 14.6 Å². The van der Waals surface area contributed by atoms with E-state index in [4.69, 9.17) is 4.74 Å². The summed E-state index contributed by atoms with van der Waals surface area (Å²) in [5, 5.41) is 4.98. The first-order valence-corrected chi connectivity index (χ1v) is 8.18. The van der Waals surface area contributed by atoms with Gasteiger partial charge in [0.2, 0.25) is 0 Å². The minimum Gasteiger partial charge on any atom is -0.378 e. The quantitative estimate of drug-likeness (QED) is 0.716. The minimum absolute atomic E-state index is 0.0151. The molecule has 1 aliphatic rings. The Morgan fingerprint density at radius 2 is 1.85 bits per heavy atom. The highest BCUT2D eigenvalue weighted by molar-refractivity contribution is 5.86. The SMILES string of the molecule is FC(F)(F)c1ccccc1Cn1ncc2c(N3CCOCC3)ncnc21. The van der Waals surface area contributed by atoms with Crippen molar-refractivity contribution in [3.05, 3.63) is 47.9 Å². The average molecular weight is 363 g/mol. The van der Waals surface area contributed by atoms with E-state index in [-0.39, 0.29) is 12.1 Å². The van der Waals surface area contributed by atoms with E-state index in [2.05, 4.69) is 20.0 Å². The lowest BCUT2D eigenvalue weighted by Crippen LogP contribution is -2.36. The van der Waals surface area contributed by atoms with Crippen LogP contribution in [0.1, 0.15) is 11.1 Å². The molecule has 9 heteroatoms. The fourth-order valence-corrected chi connectivity index (χ4v) is 3.12. The standard InChI is InChI=1S/C17H16F3N5O/c18-17(19,20)14-4-2-1-3-12(14)10-25-16-13(9-23-25)15(21-11-22-16)24-5-7-26-8-6-24/h1-4,9,11H,5-8,10H2. The zero-order chi connectivity index (χ0) is 18.1. The fraction of sp³-hybridized carbons (Fsp3) is 0.353. The van der Waals surface area contributed by atoms with Gasteiger partial charge in [-0.15, -0.1) is 0 Å². The predicted molar refractivity (Wildman–Crippen MR) is 88.9 cm³/mol. The molecule has 1 aromatic carbocycles. The monoisotopic (exact) mass is 363 g/mol. The third-order valence-electron chi connectivity index (χ3n) is 4.37. The first-order chi connectivity index (χ1) is 12.5. The predicted octanol–water partition coefficient (Wildman–Crippen LogP) is 2.73. The van der Waals surface area contributed by atoms with Gasteiger partial charge < -0.3 is 9.64 Å². The molecule has 3 heterocycles. The number of benzene rings is 1. The molecule has 3 aromatic rings. The summed E-state index contributed by atoms with van der Waals surface area (Å²) in [6.45, 7) is 2.61. The van der Waals surface area contributed by atoms with Crippen molar-refractivity contribution in [1.82, 2.24) is 19.7 Å². The van der Waals surface area contributed by atoms with E-state index in [1.165, 1.54) is 23.1 Å². The molecule has 2 aromatic heterocycles. The second-order valence-corrected chi connectivity index (χ2v) is 5.99. The molecule has 0 aliphatic carbocycles. The molecular weight excluding hydrogens is 347 g/mol. The summed E-state index contributed by atoms with van der Waals surface area (Å²) in [4.78, 5) is 10.6. The van der Waals surface area contributed by atoms with E-state index in [0.717, 1.165) is 17.3 Å². The zero-order valence-corrected chi connectivity index (χ0v) is 13.8. The van der Waals surface area contributed by atoms with Gasteiger partial charge in [-0.3, -0.25) is 0 Å². The van der Waals surface area contributed by atoms with Crippen molar-refractivity contribution < 1.29 is 17.9 Å². The third-order valence-corrected chi connectivity index (χ3v) is 4.37. The van der Waals surface area contributed by atoms with Crippen molar-refractivity contribution in [3.63, 3.8) is 0 Å². The van der Waals surface area contributed by atoms with Gasteiger partial charge in [0.05, 0.1) is 36.9 Å². The van der Waals surface area contributed by atoms with Crippen molar-refractivity contribution >= 4 is 16.9 Å². The number of morpholine rings is 1. The van der Waals surface area contributed by atoms with Gasteiger partial charge in [-0.2, -0.15) is 18.3 Å². The van der Waals surface area contributed by atoms with Crippen molar-refractivity contribution in [2.75, 3.05) is 31.2 Å². The van der Waals surface area contributed by atoms with Crippen molar-refractivity contribution in [3.8, 4) is 0 Å². The van der Waals surface area contributed by atoms with Gasteiger partial charge in [-0.1, -0.05) is 18.2 Å². The van der Waals surface area contributed by atoms with E-state index in [1.807, 2.05) is 0 Å². The first-order valence-electron chi connectivity index (χ1n) is 8.18. The first kappa shape index (κ1) is 16.8. The topological polar surface area (TPSA) is 56.1 Å². The van der Waals surface area contributed by atoms with Gasteiger partial charge in [0, 0.05) is 13.1 Å². The molecule has 4 rings (SSSR count). The van der Waals surface area contributed by atoms with Crippen molar-refractivity contribution in [2.24, 2.45) is 0 Å². The highest BCUT2D eigenvalue weighted by Crippen LogP contribution is 2.32. The summed E-state index contributed by atoms with van der Waals surface area (Å²) in [7, 11) is 0. The van der Waals surface area contributed by atoms with Crippen LogP contribution in [-0.2, 0) is 17.5 Å². The number of fused-ring (bicyclic) bond motifs is 1. The van der Waals surface area contributed by atoms with E-state index in [1.54, 1.807) is 12.3 Å². The second-order valence-electron chi connectivity index (χ2n) is 5.99. The van der Waals surface area contributed by atoms with Crippen molar-refractivity contribution in [2.45, 2.75) is 12.7 Å². The van der Waals surface area contributed by atoms with E-state index < -0.39 is 11.7 Å². The molecule has 0 N–H and O–H groups in total. The van der Waals surface area contributed by atoms with E-state index in [9.17, 15) is 13.2 Å². The lowest BCUT2D eigenvalue weighted by molar-refractivity contribution is -0.138. The lowest BCUT2D eigenvalue weighted by Gasteiger charge is -2.27. The smallest absolute Gasteiger partial charge is 0.378 e. The number of anilines is 1. The van der Waals surface area contributed by atoms with Crippen LogP contribution in [0.15, 0.2) is 36.8 Å². The summed E-state index contributed by atoms with van der Waals surface area (Å²) in [5.74, 6) is 0.730. The molecule has 0 atom stereocenters. The number of alkyl halides is 3. The Balaban J connectivity index is 1.71. The van der Waals surface area contributed by atoms with Crippen LogP contribution in [0.25, 0.3) is 11.0 Å². The number of ether oxygens (including phenoxy) is 1. The Kier molecular flexibility index (Phi) is 4.23. The van der Waals surface area contributed by atoms with Crippen LogP contribution in [0.5, 0.6) is 0 Å². The molecule has 1 saturated heterocycles. The maximum Gasteiger partial charge on any atom is 0.416 e. The number of hydrogen-bond acceptors (Lipinski definition) is 5. The Bertz CT molecular complexity index is 918. The third kappa shape index (κ3) is 3.10. The summed E-state index contributed by atoms with van der Waals surface area (Å²) < 4.78 is 46.5. The molecule has 136 valence electrons. The Morgan fingerprint density at radius 3 is 2.62 bits per heavy atom. The van der Waals surface area contributed by atoms with Crippen LogP contribution >= 0.6 is 0 Å². The highest BCUT2D eigenvalue weighted by Gasteiger charge is 2.33. The minimum atomic E-state index is -4.41. The molecular formula is C17H16F3N5O. The van der Waals surface area contributed by atoms with Crippen LogP contribution in [0.3, 0.4) is 0 Å². The Hall–Kier alpha value is -2.68. The number of hydrogen-bond donors (Lipinski definition) is 0. The van der Waals surface area contributed by atoms with Crippen molar-refractivity contribution in [1.29, 1.82) is 0 Å². The molecule has 26 heavy (non-hydrogen) atoms. The maximum absolute atomic E-state index is 13.2. The fourth-order valence-electron chi connectivity index (χ4n) is 3.12. The average Bonchev–Trinajstić information content (AvgIpc) is 3.05. The molecule has 0 bridgehead atoms. The van der Waals surface area contributed by atoms with E-state index >= 15 is 0 Å². The summed E-state index contributed by atoms with van der Waals surface area (Å²) in [5.41, 5.74) is 0.00103. The van der Waals surface area contributed by atoms with Gasteiger partial charge in [0.25, 0.3) is 0 Å². The van der Waals surface area contributed by atoms with Gasteiger partial charge >= 0.3 is 6.18 Å². The number of nitrogens with zero attached hydrogens (tertiary/aromatic N) is 5. The number of halogens is 3. The summed E-state index contributed by atoms with van der Waals surface area (Å²) in [6, 6.07) is 5.51. The van der Waals surface area contributed by atoms with Gasteiger partial charge in [0.15, 0.2) is 5.65 Å². The lowest BCUT2D eigenvalue weighted by atomic mass is 10.1. The molecule has 1 aliphatic heterocycles. The van der Waals surface area contributed by atoms with E-state index in [0.29, 0.717) is 32.0 Å². The van der Waals surface area contributed by atoms with Crippen LogP contribution in [0.2, 0.25) is 0 Å². The highest BCUT2D eigenvalue weighted by atomic mass is 19.4. The van der Waals surface area contributed by atoms with Gasteiger partial charge in [-0.05, 0) is 11.6 Å². The maximum atomic E-state index is 13.2. The van der Waals surface area contributed by atoms with Crippen LogP contribution in [-0.4, -0.2) is 46.1 Å². The summed E-state index contributed by atoms with van der Waals surface area (Å²) >= 11 is 0. The molecule has 0 saturated carbocycles. The second kappa shape index (κ2) is 6.56. The Morgan fingerprint density at radius 1 is 1.08 bits per heavy atom. The summed E-state index contributed by atoms with van der Waals surface area (Å²) in [6.07, 6.45) is -1.38. The molecule has 0 spiro atoms. The molecule has 6 nitrogen and oxygen atoms in total. The normalized spacial score (nSPS) is 15.6. The van der Waals surface area contributed by atoms with Crippen LogP contribution in [0, 0.1) is 0 Å². The molecule has 0 unspecified atom stereocenters. The number of aromatic nitrogens is 4. The Labute approximate surface area is 147 Å². The van der Waals surface area contributed by atoms with Crippen LogP contribution < -0.4 is 4.90 Å². The number of rotatable bonds is 3. The molecule has 0 radical (unpaired) electrons. The molecule has 1 fully saturated rings. The van der Waals surface area contributed by atoms with Crippen LogP contribution in [0.4, 0.5) is 19.0 Å². The molecule has 0 amide bonds. The largest absolute Gasteiger partial charge is 0.416 e. The zero-order valence-electron chi connectivity index (χ0n) is 13.8.